The smallest absolute Gasteiger partial charge is 0.221 e. The summed E-state index contributed by atoms with van der Waals surface area (Å²) in [5.74, 6) is 1.23. The van der Waals surface area contributed by atoms with Crippen molar-refractivity contribution < 1.29 is 24.9 Å². The molecule has 4 aromatic rings. The van der Waals surface area contributed by atoms with E-state index >= 15 is 0 Å². The minimum atomic E-state index is -0.115. The Morgan fingerprint density at radius 3 is 2.36 bits per heavy atom. The van der Waals surface area contributed by atoms with Crippen LogP contribution in [0.15, 0.2) is 95.6 Å². The molecular formula is C25H22N2O5S. The topological polar surface area (TPSA) is 112 Å². The van der Waals surface area contributed by atoms with Gasteiger partial charge >= 0.3 is 0 Å². The minimum Gasteiger partial charge on any atom is -0.508 e. The largest absolute Gasteiger partial charge is 0.508 e. The van der Waals surface area contributed by atoms with E-state index < -0.39 is 0 Å². The van der Waals surface area contributed by atoms with Gasteiger partial charge in [-0.1, -0.05) is 18.2 Å². The van der Waals surface area contributed by atoms with Gasteiger partial charge in [0.25, 0.3) is 0 Å². The number of benzene rings is 3. The van der Waals surface area contributed by atoms with Gasteiger partial charge in [0, 0.05) is 30.3 Å². The second-order valence-electron chi connectivity index (χ2n) is 6.79. The van der Waals surface area contributed by atoms with E-state index in [-0.39, 0.29) is 23.2 Å². The number of anilines is 1. The van der Waals surface area contributed by atoms with Crippen molar-refractivity contribution >= 4 is 34.3 Å². The number of fused-ring (bicyclic) bond motifs is 2. The van der Waals surface area contributed by atoms with Crippen LogP contribution in [0.5, 0.6) is 23.0 Å². The van der Waals surface area contributed by atoms with Crippen molar-refractivity contribution in [3.05, 3.63) is 90.7 Å². The maximum Gasteiger partial charge on any atom is 0.221 e. The summed E-state index contributed by atoms with van der Waals surface area (Å²) in [5, 5.41) is 31.5. The van der Waals surface area contributed by atoms with E-state index in [9.17, 15) is 9.90 Å². The Hall–Kier alpha value is -4.17. The lowest BCUT2D eigenvalue weighted by Gasteiger charge is -1.99. The number of thioether (sulfide) groups is 1. The number of carbonyl (C=O) groups is 1. The minimum absolute atomic E-state index is 0.115. The van der Waals surface area contributed by atoms with Gasteiger partial charge in [0.15, 0.2) is 5.09 Å². The van der Waals surface area contributed by atoms with E-state index in [1.807, 2.05) is 24.3 Å². The quantitative estimate of drug-likeness (QED) is 0.271. The van der Waals surface area contributed by atoms with Crippen molar-refractivity contribution in [1.82, 2.24) is 4.98 Å². The van der Waals surface area contributed by atoms with Gasteiger partial charge in [-0.2, -0.15) is 0 Å². The first-order valence-electron chi connectivity index (χ1n) is 9.79. The molecule has 5 rings (SSSR count). The van der Waals surface area contributed by atoms with Crippen molar-refractivity contribution in [2.24, 2.45) is 0 Å². The molecule has 0 atom stereocenters. The number of amides is 1. The highest BCUT2D eigenvalue weighted by Gasteiger charge is 2.16. The third-order valence-corrected chi connectivity index (χ3v) is 5.04. The van der Waals surface area contributed by atoms with Gasteiger partial charge in [-0.25, -0.2) is 0 Å². The fraction of sp³-hybridized carbons (Fsp3) is 0.0400. The Bertz CT molecular complexity index is 1270. The first kappa shape index (κ1) is 23.5. The molecule has 2 heterocycles. The SMILES string of the molecule is C=C1Oc2cc(O)ccc2S1.CC(=O)Nc1ccc(O)cc1.Oc1cccc2cccnc12. The molecule has 4 N–H and O–H groups in total. The molecule has 0 saturated heterocycles. The molecule has 0 radical (unpaired) electrons. The summed E-state index contributed by atoms with van der Waals surface area (Å²) in [5.41, 5.74) is 1.35. The number of aromatic nitrogens is 1. The van der Waals surface area contributed by atoms with Gasteiger partial charge in [-0.05, 0) is 66.9 Å². The van der Waals surface area contributed by atoms with Crippen molar-refractivity contribution in [2.75, 3.05) is 5.32 Å². The zero-order valence-electron chi connectivity index (χ0n) is 17.7. The average molecular weight is 463 g/mol. The first-order chi connectivity index (χ1) is 15.8. The lowest BCUT2D eigenvalue weighted by Crippen LogP contribution is -2.04. The van der Waals surface area contributed by atoms with Crippen LogP contribution < -0.4 is 10.1 Å². The molecule has 8 heteroatoms. The van der Waals surface area contributed by atoms with Crippen LogP contribution >= 0.6 is 11.8 Å². The number of rotatable bonds is 1. The summed E-state index contributed by atoms with van der Waals surface area (Å²) < 4.78 is 5.20. The van der Waals surface area contributed by atoms with Crippen LogP contribution in [0.25, 0.3) is 10.9 Å². The Balaban J connectivity index is 0.000000139. The number of ether oxygens (including phenoxy) is 1. The van der Waals surface area contributed by atoms with Gasteiger partial charge in [0.05, 0.1) is 4.90 Å². The summed E-state index contributed by atoms with van der Waals surface area (Å²) >= 11 is 1.47. The molecule has 0 saturated carbocycles. The normalized spacial score (nSPS) is 11.2. The van der Waals surface area contributed by atoms with E-state index in [1.54, 1.807) is 42.6 Å². The van der Waals surface area contributed by atoms with Crippen LogP contribution in [0, 0.1) is 0 Å². The number of phenols is 3. The Morgan fingerprint density at radius 1 is 0.970 bits per heavy atom. The van der Waals surface area contributed by atoms with Crippen LogP contribution in [0.1, 0.15) is 6.92 Å². The summed E-state index contributed by atoms with van der Waals surface area (Å²) in [4.78, 5) is 15.6. The molecule has 0 bridgehead atoms. The zero-order chi connectivity index (χ0) is 23.8. The van der Waals surface area contributed by atoms with Crippen LogP contribution in [0.2, 0.25) is 0 Å². The molecule has 1 aliphatic heterocycles. The zero-order valence-corrected chi connectivity index (χ0v) is 18.5. The Labute approximate surface area is 195 Å². The van der Waals surface area contributed by atoms with Crippen LogP contribution in [-0.4, -0.2) is 26.2 Å². The van der Waals surface area contributed by atoms with Gasteiger partial charge in [-0.3, -0.25) is 9.78 Å². The predicted octanol–water partition coefficient (Wildman–Crippen LogP) is 5.64. The maximum atomic E-state index is 10.5. The lowest BCUT2D eigenvalue weighted by molar-refractivity contribution is -0.114. The van der Waals surface area contributed by atoms with Crippen molar-refractivity contribution in [1.29, 1.82) is 0 Å². The lowest BCUT2D eigenvalue weighted by atomic mass is 10.2. The van der Waals surface area contributed by atoms with Crippen LogP contribution in [0.3, 0.4) is 0 Å². The van der Waals surface area contributed by atoms with Crippen LogP contribution in [-0.2, 0) is 4.79 Å². The molecule has 0 fully saturated rings. The summed E-state index contributed by atoms with van der Waals surface area (Å²) in [6, 6.07) is 20.5. The van der Waals surface area contributed by atoms with Gasteiger partial charge in [0.2, 0.25) is 5.91 Å². The molecular weight excluding hydrogens is 440 g/mol. The summed E-state index contributed by atoms with van der Waals surface area (Å²) in [7, 11) is 0. The number of para-hydroxylation sites is 1. The van der Waals surface area contributed by atoms with Gasteiger partial charge < -0.3 is 25.4 Å². The highest BCUT2D eigenvalue weighted by atomic mass is 32.2. The monoisotopic (exact) mass is 462 g/mol. The molecule has 7 nitrogen and oxygen atoms in total. The third-order valence-electron chi connectivity index (χ3n) is 4.17. The molecule has 0 unspecified atom stereocenters. The number of pyridine rings is 1. The number of carbonyl (C=O) groups excluding carboxylic acids is 1. The highest BCUT2D eigenvalue weighted by Crippen LogP contribution is 2.43. The fourth-order valence-corrected chi connectivity index (χ4v) is 3.48. The predicted molar refractivity (Wildman–Crippen MR) is 130 cm³/mol. The van der Waals surface area contributed by atoms with E-state index in [0.717, 1.165) is 10.3 Å². The van der Waals surface area contributed by atoms with E-state index in [1.165, 1.54) is 30.8 Å². The molecule has 33 heavy (non-hydrogen) atoms. The van der Waals surface area contributed by atoms with E-state index in [0.29, 0.717) is 22.0 Å². The Kier molecular flexibility index (Phi) is 7.77. The number of nitrogens with zero attached hydrogens (tertiary/aromatic N) is 1. The summed E-state index contributed by atoms with van der Waals surface area (Å²) in [6.07, 6.45) is 1.67. The third kappa shape index (κ3) is 6.91. The van der Waals surface area contributed by atoms with E-state index in [2.05, 4.69) is 16.9 Å². The van der Waals surface area contributed by atoms with E-state index in [4.69, 9.17) is 14.9 Å². The number of hydrogen-bond donors (Lipinski definition) is 4. The standard InChI is InChI=1S/C9H7NO.C8H9NO2.C8H6O2S/c11-8-5-1-3-7-4-2-6-10-9(7)8;1-6(10)9-7-2-4-8(11)5-3-7;1-5-10-7-4-6(9)2-3-8(7)11-5/h1-6,11H;2-5,11H,1H3,(H,9,10);2-4,9H,1H2. The summed E-state index contributed by atoms with van der Waals surface area (Å²) in [6.45, 7) is 5.10. The van der Waals surface area contributed by atoms with Crippen molar-refractivity contribution in [2.45, 2.75) is 11.8 Å². The Morgan fingerprint density at radius 2 is 1.67 bits per heavy atom. The van der Waals surface area contributed by atoms with Crippen molar-refractivity contribution in [3.63, 3.8) is 0 Å². The molecule has 168 valence electrons. The number of aromatic hydroxyl groups is 3. The molecule has 1 aromatic heterocycles. The van der Waals surface area contributed by atoms with Crippen molar-refractivity contribution in [3.8, 4) is 23.0 Å². The molecule has 1 aliphatic rings. The molecule has 1 amide bonds. The van der Waals surface area contributed by atoms with Gasteiger partial charge in [0.1, 0.15) is 28.5 Å². The molecule has 0 aliphatic carbocycles. The average Bonchev–Trinajstić information content (AvgIpc) is 3.15. The fourth-order valence-electron chi connectivity index (χ4n) is 2.76. The number of hydrogen-bond acceptors (Lipinski definition) is 7. The first-order valence-corrected chi connectivity index (χ1v) is 10.6. The molecule has 0 spiro atoms. The van der Waals surface area contributed by atoms with Gasteiger partial charge in [-0.15, -0.1) is 0 Å². The van der Waals surface area contributed by atoms with Crippen LogP contribution in [0.4, 0.5) is 5.69 Å². The maximum absolute atomic E-state index is 10.5. The number of phenolic OH excluding ortho intramolecular Hbond substituents is 3. The second-order valence-corrected chi connectivity index (χ2v) is 7.89. The molecule has 3 aromatic carbocycles. The highest BCUT2D eigenvalue weighted by molar-refractivity contribution is 8.03. The second kappa shape index (κ2) is 10.9. The number of nitrogens with one attached hydrogen (secondary N) is 1.